The number of carbonyl (C=O) groups is 1. The Labute approximate surface area is 141 Å². The number of imidazole rings is 1. The number of carbonyl (C=O) groups excluding carboxylic acids is 1. The number of rotatable bonds is 11. The summed E-state index contributed by atoms with van der Waals surface area (Å²) < 4.78 is 6.72. The third kappa shape index (κ3) is 5.34. The lowest BCUT2D eigenvalue weighted by Gasteiger charge is -2.27. The summed E-state index contributed by atoms with van der Waals surface area (Å²) in [4.78, 5) is 15.5. The predicted molar refractivity (Wildman–Crippen MR) is 88.3 cm³/mol. The van der Waals surface area contributed by atoms with E-state index in [-0.39, 0.29) is 12.6 Å². The molecule has 9 heteroatoms. The van der Waals surface area contributed by atoms with Crippen molar-refractivity contribution < 1.29 is 9.53 Å². The van der Waals surface area contributed by atoms with Gasteiger partial charge in [0, 0.05) is 24.6 Å². The number of hydrogen-bond donors (Lipinski definition) is 2. The second kappa shape index (κ2) is 9.02. The first-order valence-corrected chi connectivity index (χ1v) is 7.98. The van der Waals surface area contributed by atoms with Crippen LogP contribution in [0, 0.1) is 5.92 Å². The molecular formula is C15H25N7O2. The first-order chi connectivity index (χ1) is 11.7. The zero-order valence-electron chi connectivity index (χ0n) is 14.0. The van der Waals surface area contributed by atoms with Crippen LogP contribution in [0.4, 0.5) is 0 Å². The maximum Gasteiger partial charge on any atom is 0.327 e. The van der Waals surface area contributed by atoms with Gasteiger partial charge in [-0.05, 0) is 36.9 Å². The lowest BCUT2D eigenvalue weighted by Crippen LogP contribution is -2.40. The Bertz CT molecular complexity index is 554. The van der Waals surface area contributed by atoms with Crippen LogP contribution >= 0.6 is 0 Å². The molecule has 0 amide bonds. The number of methoxy groups -OCH3 is 1. The van der Waals surface area contributed by atoms with Crippen LogP contribution in [-0.4, -0.2) is 46.8 Å². The van der Waals surface area contributed by atoms with Crippen LogP contribution in [0.1, 0.15) is 19.3 Å². The SMILES string of the molecule is C=C(C(NCCCn1ccnc1)C1CC1)N(CC(=O)OC)/N=N\N. The van der Waals surface area contributed by atoms with Gasteiger partial charge < -0.3 is 20.5 Å². The van der Waals surface area contributed by atoms with E-state index in [9.17, 15) is 4.79 Å². The van der Waals surface area contributed by atoms with Crippen molar-refractivity contribution in [2.45, 2.75) is 31.8 Å². The summed E-state index contributed by atoms with van der Waals surface area (Å²) in [6, 6.07) is 0.0444. The van der Waals surface area contributed by atoms with Gasteiger partial charge in [-0.25, -0.2) is 9.99 Å². The fraction of sp³-hybridized carbons (Fsp3) is 0.600. The van der Waals surface area contributed by atoms with Crippen molar-refractivity contribution in [1.29, 1.82) is 0 Å². The molecular weight excluding hydrogens is 310 g/mol. The second-order valence-corrected chi connectivity index (χ2v) is 5.75. The molecule has 1 aromatic heterocycles. The number of ether oxygens (including phenoxy) is 1. The van der Waals surface area contributed by atoms with Crippen LogP contribution in [0.15, 0.2) is 41.4 Å². The number of esters is 1. The van der Waals surface area contributed by atoms with Crippen molar-refractivity contribution >= 4 is 5.97 Å². The van der Waals surface area contributed by atoms with Crippen molar-refractivity contribution in [3.8, 4) is 0 Å². The van der Waals surface area contributed by atoms with Crippen molar-refractivity contribution in [3.05, 3.63) is 31.0 Å². The summed E-state index contributed by atoms with van der Waals surface area (Å²) in [5.74, 6) is 5.23. The Morgan fingerprint density at radius 3 is 3.00 bits per heavy atom. The molecule has 9 nitrogen and oxygen atoms in total. The zero-order valence-corrected chi connectivity index (χ0v) is 14.0. The first-order valence-electron chi connectivity index (χ1n) is 7.98. The van der Waals surface area contributed by atoms with Crippen LogP contribution in [0.5, 0.6) is 0 Å². The summed E-state index contributed by atoms with van der Waals surface area (Å²) in [7, 11) is 1.33. The fourth-order valence-corrected chi connectivity index (χ4v) is 2.52. The predicted octanol–water partition coefficient (Wildman–Crippen LogP) is 0.871. The van der Waals surface area contributed by atoms with E-state index in [1.54, 1.807) is 12.5 Å². The number of aryl methyl sites for hydroxylation is 1. The molecule has 0 radical (unpaired) electrons. The van der Waals surface area contributed by atoms with Crippen LogP contribution < -0.4 is 11.2 Å². The van der Waals surface area contributed by atoms with Crippen LogP contribution in [-0.2, 0) is 16.1 Å². The van der Waals surface area contributed by atoms with E-state index in [0.717, 1.165) is 32.4 Å². The molecule has 1 unspecified atom stereocenters. The highest BCUT2D eigenvalue weighted by Crippen LogP contribution is 2.36. The van der Waals surface area contributed by atoms with E-state index in [0.29, 0.717) is 11.6 Å². The third-order valence-corrected chi connectivity index (χ3v) is 3.97. The zero-order chi connectivity index (χ0) is 17.4. The van der Waals surface area contributed by atoms with Crippen molar-refractivity contribution in [1.82, 2.24) is 19.9 Å². The summed E-state index contributed by atoms with van der Waals surface area (Å²) in [6.45, 7) is 5.74. The van der Waals surface area contributed by atoms with E-state index < -0.39 is 5.97 Å². The van der Waals surface area contributed by atoms with Gasteiger partial charge in [0.15, 0.2) is 0 Å². The topological polar surface area (TPSA) is 110 Å². The van der Waals surface area contributed by atoms with Gasteiger partial charge >= 0.3 is 5.97 Å². The summed E-state index contributed by atoms with van der Waals surface area (Å²) >= 11 is 0. The molecule has 1 saturated carbocycles. The first kappa shape index (κ1) is 17.9. The molecule has 1 aliphatic carbocycles. The number of nitrogens with zero attached hydrogens (tertiary/aromatic N) is 5. The molecule has 1 aromatic rings. The minimum atomic E-state index is -0.418. The molecule has 2 rings (SSSR count). The lowest BCUT2D eigenvalue weighted by atomic mass is 10.1. The number of hydrogen-bond acceptors (Lipinski definition) is 6. The Balaban J connectivity index is 1.87. The highest BCUT2D eigenvalue weighted by molar-refractivity contribution is 5.71. The highest BCUT2D eigenvalue weighted by atomic mass is 16.5. The average Bonchev–Trinajstić information content (AvgIpc) is 3.29. The standard InChI is InChI=1S/C15H25N7O2/c1-12(22(20-19-16)10-14(23)24-2)15(13-4-5-13)18-6-3-8-21-9-7-17-11-21/h7,9,11,13,15,18H,1,3-6,8,10H2,2H3,(H2,16,20). The van der Waals surface area contributed by atoms with Gasteiger partial charge in [0.1, 0.15) is 6.54 Å². The highest BCUT2D eigenvalue weighted by Gasteiger charge is 2.35. The van der Waals surface area contributed by atoms with Gasteiger partial charge in [-0.3, -0.25) is 4.79 Å². The van der Waals surface area contributed by atoms with E-state index in [1.165, 1.54) is 12.1 Å². The largest absolute Gasteiger partial charge is 0.468 e. The Hall–Kier alpha value is -2.42. The summed E-state index contributed by atoms with van der Waals surface area (Å²) in [5, 5.41) is 12.0. The van der Waals surface area contributed by atoms with Crippen molar-refractivity contribution in [3.63, 3.8) is 0 Å². The van der Waals surface area contributed by atoms with E-state index in [4.69, 9.17) is 5.84 Å². The van der Waals surface area contributed by atoms with E-state index in [2.05, 4.69) is 32.1 Å². The van der Waals surface area contributed by atoms with Gasteiger partial charge in [0.2, 0.25) is 0 Å². The van der Waals surface area contributed by atoms with Crippen LogP contribution in [0.2, 0.25) is 0 Å². The van der Waals surface area contributed by atoms with Crippen molar-refractivity contribution in [2.24, 2.45) is 22.2 Å². The monoisotopic (exact) mass is 335 g/mol. The van der Waals surface area contributed by atoms with E-state index >= 15 is 0 Å². The second-order valence-electron chi connectivity index (χ2n) is 5.75. The maximum atomic E-state index is 11.5. The average molecular weight is 335 g/mol. The smallest absolute Gasteiger partial charge is 0.327 e. The molecule has 0 saturated heterocycles. The molecule has 1 fully saturated rings. The molecule has 1 aliphatic rings. The minimum absolute atomic E-state index is 0.0444. The Kier molecular flexibility index (Phi) is 6.74. The molecule has 1 atom stereocenters. The van der Waals surface area contributed by atoms with Gasteiger partial charge in [0.25, 0.3) is 0 Å². The molecule has 0 aromatic carbocycles. The van der Waals surface area contributed by atoms with Gasteiger partial charge in [-0.1, -0.05) is 11.8 Å². The minimum Gasteiger partial charge on any atom is -0.468 e. The summed E-state index contributed by atoms with van der Waals surface area (Å²) in [5.41, 5.74) is 0.680. The van der Waals surface area contributed by atoms with E-state index in [1.807, 2.05) is 10.8 Å². The fourth-order valence-electron chi connectivity index (χ4n) is 2.52. The maximum absolute atomic E-state index is 11.5. The number of nitrogens with one attached hydrogen (secondary N) is 1. The quantitative estimate of drug-likeness (QED) is 0.204. The van der Waals surface area contributed by atoms with Gasteiger partial charge in [-0.15, -0.1) is 0 Å². The number of nitrogens with two attached hydrogens (primary N) is 1. The normalized spacial score (nSPS) is 15.4. The molecule has 0 spiro atoms. The molecule has 0 aliphatic heterocycles. The molecule has 24 heavy (non-hydrogen) atoms. The van der Waals surface area contributed by atoms with Crippen molar-refractivity contribution in [2.75, 3.05) is 20.2 Å². The Morgan fingerprint density at radius 1 is 1.62 bits per heavy atom. The Morgan fingerprint density at radius 2 is 2.42 bits per heavy atom. The molecule has 132 valence electrons. The lowest BCUT2D eigenvalue weighted by molar-refractivity contribution is -0.141. The van der Waals surface area contributed by atoms with Gasteiger partial charge in [0.05, 0.1) is 19.5 Å². The number of aromatic nitrogens is 2. The van der Waals surface area contributed by atoms with Crippen LogP contribution in [0.25, 0.3) is 0 Å². The molecule has 1 heterocycles. The summed E-state index contributed by atoms with van der Waals surface area (Å²) in [6.07, 6.45) is 8.73. The molecule has 3 N–H and O–H groups in total. The van der Waals surface area contributed by atoms with Crippen LogP contribution in [0.3, 0.4) is 0 Å². The third-order valence-electron chi connectivity index (χ3n) is 3.97. The van der Waals surface area contributed by atoms with Gasteiger partial charge in [-0.2, -0.15) is 0 Å². The molecule has 0 bridgehead atoms.